The first kappa shape index (κ1) is 20.6. The normalized spacial score (nSPS) is 15.4. The molecular weight excluding hydrogens is 400 g/mol. The van der Waals surface area contributed by atoms with Gasteiger partial charge < -0.3 is 9.88 Å². The second-order valence-corrected chi connectivity index (χ2v) is 8.95. The minimum atomic E-state index is 0.000674. The highest BCUT2D eigenvalue weighted by Crippen LogP contribution is 2.17. The predicted octanol–water partition coefficient (Wildman–Crippen LogP) is 2.40. The number of aryl methyl sites for hydroxylation is 1. The average Bonchev–Trinajstić information content (AvgIpc) is 3.47. The molecule has 7 heteroatoms. The van der Waals surface area contributed by atoms with Crippen molar-refractivity contribution in [2.45, 2.75) is 58.3 Å². The van der Waals surface area contributed by atoms with Crippen LogP contribution < -0.4 is 10.5 Å². The second kappa shape index (κ2) is 9.04. The van der Waals surface area contributed by atoms with Crippen LogP contribution in [-0.4, -0.2) is 31.2 Å². The number of tetrazole rings is 1. The van der Waals surface area contributed by atoms with Crippen molar-refractivity contribution < 1.29 is 4.90 Å². The molecular formula is C25H29N6O+. The van der Waals surface area contributed by atoms with E-state index >= 15 is 0 Å². The van der Waals surface area contributed by atoms with Crippen LogP contribution in [0.25, 0.3) is 10.9 Å². The highest BCUT2D eigenvalue weighted by atomic mass is 16.1. The summed E-state index contributed by atoms with van der Waals surface area (Å²) in [7, 11) is 0. The molecule has 1 aliphatic carbocycles. The summed E-state index contributed by atoms with van der Waals surface area (Å²) in [6, 6.07) is 19.0. The van der Waals surface area contributed by atoms with Crippen molar-refractivity contribution in [1.82, 2.24) is 25.2 Å². The van der Waals surface area contributed by atoms with Crippen molar-refractivity contribution in [2.75, 3.05) is 0 Å². The molecule has 1 aliphatic rings. The summed E-state index contributed by atoms with van der Waals surface area (Å²) in [5.41, 5.74) is 4.08. The third-order valence-electron chi connectivity index (χ3n) is 6.59. The van der Waals surface area contributed by atoms with Gasteiger partial charge in [-0.25, -0.2) is 4.68 Å². The monoisotopic (exact) mass is 429 g/mol. The lowest BCUT2D eigenvalue weighted by Gasteiger charge is -2.25. The zero-order chi connectivity index (χ0) is 21.9. The number of hydrogen-bond acceptors (Lipinski definition) is 4. The fourth-order valence-corrected chi connectivity index (χ4v) is 4.86. The molecule has 1 atom stereocenters. The van der Waals surface area contributed by atoms with E-state index in [0.29, 0.717) is 25.7 Å². The highest BCUT2D eigenvalue weighted by molar-refractivity contribution is 5.79. The summed E-state index contributed by atoms with van der Waals surface area (Å²) in [4.78, 5) is 17.3. The van der Waals surface area contributed by atoms with Crippen LogP contribution in [0, 0.1) is 6.92 Å². The van der Waals surface area contributed by atoms with Crippen molar-refractivity contribution in [3.05, 3.63) is 87.5 Å². The SMILES string of the molecule is Cc1ccc2[nH]c(=O)c(C[NH+](Cc3nnnn3Cc3ccccc3)C3CCCC3)cc2c1. The molecule has 164 valence electrons. The maximum Gasteiger partial charge on any atom is 0.257 e. The summed E-state index contributed by atoms with van der Waals surface area (Å²) in [6.45, 7) is 4.10. The van der Waals surface area contributed by atoms with Gasteiger partial charge in [-0.1, -0.05) is 42.0 Å². The lowest BCUT2D eigenvalue weighted by atomic mass is 10.1. The van der Waals surface area contributed by atoms with Gasteiger partial charge in [-0.15, -0.1) is 5.10 Å². The number of rotatable bonds is 7. The summed E-state index contributed by atoms with van der Waals surface area (Å²) in [6.07, 6.45) is 4.85. The second-order valence-electron chi connectivity index (χ2n) is 8.95. The number of benzene rings is 2. The Hall–Kier alpha value is -3.32. The molecule has 0 spiro atoms. The van der Waals surface area contributed by atoms with Gasteiger partial charge in [-0.3, -0.25) is 4.79 Å². The quantitative estimate of drug-likeness (QED) is 0.473. The molecule has 2 aromatic heterocycles. The number of aromatic nitrogens is 5. The van der Waals surface area contributed by atoms with Crippen LogP contribution in [0.3, 0.4) is 0 Å². The fourth-order valence-electron chi connectivity index (χ4n) is 4.86. The molecule has 0 amide bonds. The van der Waals surface area contributed by atoms with Crippen LogP contribution in [0.2, 0.25) is 0 Å². The molecule has 0 bridgehead atoms. The molecule has 0 saturated heterocycles. The number of nitrogens with one attached hydrogen (secondary N) is 2. The van der Waals surface area contributed by atoms with Crippen LogP contribution >= 0.6 is 0 Å². The van der Waals surface area contributed by atoms with Crippen molar-refractivity contribution in [1.29, 1.82) is 0 Å². The first-order chi connectivity index (χ1) is 15.7. The zero-order valence-electron chi connectivity index (χ0n) is 18.4. The Kier molecular flexibility index (Phi) is 5.81. The molecule has 0 aliphatic heterocycles. The smallest absolute Gasteiger partial charge is 0.257 e. The first-order valence-electron chi connectivity index (χ1n) is 11.4. The van der Waals surface area contributed by atoms with Crippen LogP contribution in [0.5, 0.6) is 0 Å². The minimum absolute atomic E-state index is 0.000674. The maximum absolute atomic E-state index is 12.9. The highest BCUT2D eigenvalue weighted by Gasteiger charge is 2.29. The standard InChI is InChI=1S/C25H28N6O/c1-18-11-12-23-20(13-18)14-21(25(32)26-23)16-30(22-9-5-6-10-22)17-24-27-28-29-31(24)15-19-7-3-2-4-8-19/h2-4,7-8,11-14,22H,5-6,9-10,15-17H2,1H3,(H,26,32)/p+1. The summed E-state index contributed by atoms with van der Waals surface area (Å²) in [5.74, 6) is 0.865. The van der Waals surface area contributed by atoms with Gasteiger partial charge >= 0.3 is 0 Å². The number of quaternary nitrogens is 1. The largest absolute Gasteiger partial charge is 0.322 e. The Balaban J connectivity index is 1.42. The lowest BCUT2D eigenvalue weighted by molar-refractivity contribution is -0.952. The van der Waals surface area contributed by atoms with Crippen LogP contribution in [0.1, 0.15) is 48.2 Å². The van der Waals surface area contributed by atoms with Crippen molar-refractivity contribution in [3.63, 3.8) is 0 Å². The Bertz CT molecular complexity index is 1260. The number of hydrogen-bond donors (Lipinski definition) is 2. The van der Waals surface area contributed by atoms with E-state index in [1.165, 1.54) is 41.7 Å². The Morgan fingerprint density at radius 1 is 1.06 bits per heavy atom. The molecule has 1 fully saturated rings. The molecule has 2 aromatic carbocycles. The molecule has 0 radical (unpaired) electrons. The Morgan fingerprint density at radius 2 is 1.88 bits per heavy atom. The third kappa shape index (κ3) is 4.48. The van der Waals surface area contributed by atoms with Gasteiger partial charge in [0.25, 0.3) is 5.56 Å². The van der Waals surface area contributed by atoms with E-state index in [0.717, 1.165) is 22.3 Å². The molecule has 2 heterocycles. The Labute approximate surface area is 187 Å². The number of fused-ring (bicyclic) bond motifs is 1. The topological polar surface area (TPSA) is 80.9 Å². The molecule has 2 N–H and O–H groups in total. The predicted molar refractivity (Wildman–Crippen MR) is 123 cm³/mol. The van der Waals surface area contributed by atoms with E-state index < -0.39 is 0 Å². The van der Waals surface area contributed by atoms with Gasteiger partial charge in [-0.05, 0) is 72.2 Å². The van der Waals surface area contributed by atoms with Gasteiger partial charge in [0.2, 0.25) is 5.82 Å². The molecule has 5 rings (SSSR count). The minimum Gasteiger partial charge on any atom is -0.322 e. The van der Waals surface area contributed by atoms with Gasteiger partial charge in [-0.2, -0.15) is 0 Å². The fraction of sp³-hybridized carbons (Fsp3) is 0.360. The Morgan fingerprint density at radius 3 is 2.69 bits per heavy atom. The average molecular weight is 430 g/mol. The van der Waals surface area contributed by atoms with Crippen molar-refractivity contribution in [2.24, 2.45) is 0 Å². The van der Waals surface area contributed by atoms with E-state index in [2.05, 4.69) is 51.7 Å². The summed E-state index contributed by atoms with van der Waals surface area (Å²) in [5, 5.41) is 13.6. The van der Waals surface area contributed by atoms with Gasteiger partial charge in [0, 0.05) is 5.52 Å². The van der Waals surface area contributed by atoms with Gasteiger partial charge in [0.15, 0.2) is 0 Å². The lowest BCUT2D eigenvalue weighted by Crippen LogP contribution is -3.13. The molecule has 1 unspecified atom stereocenters. The van der Waals surface area contributed by atoms with E-state index in [9.17, 15) is 4.79 Å². The molecule has 7 nitrogen and oxygen atoms in total. The zero-order valence-corrected chi connectivity index (χ0v) is 18.4. The number of aromatic amines is 1. The molecule has 1 saturated carbocycles. The van der Waals surface area contributed by atoms with E-state index in [4.69, 9.17) is 0 Å². The maximum atomic E-state index is 12.9. The van der Waals surface area contributed by atoms with Crippen LogP contribution in [0.15, 0.2) is 59.4 Å². The van der Waals surface area contributed by atoms with Crippen molar-refractivity contribution in [3.8, 4) is 0 Å². The van der Waals surface area contributed by atoms with Crippen LogP contribution in [-0.2, 0) is 19.6 Å². The molecule has 4 aromatic rings. The first-order valence-corrected chi connectivity index (χ1v) is 11.4. The van der Waals surface area contributed by atoms with E-state index in [1.54, 1.807) is 0 Å². The number of nitrogens with zero attached hydrogens (tertiary/aromatic N) is 4. The number of pyridine rings is 1. The third-order valence-corrected chi connectivity index (χ3v) is 6.59. The van der Waals surface area contributed by atoms with E-state index in [-0.39, 0.29) is 5.56 Å². The van der Waals surface area contributed by atoms with Crippen molar-refractivity contribution >= 4 is 10.9 Å². The van der Waals surface area contributed by atoms with E-state index in [1.807, 2.05) is 35.0 Å². The summed E-state index contributed by atoms with van der Waals surface area (Å²) < 4.78 is 1.89. The summed E-state index contributed by atoms with van der Waals surface area (Å²) >= 11 is 0. The molecule has 32 heavy (non-hydrogen) atoms. The van der Waals surface area contributed by atoms with Gasteiger partial charge in [0.1, 0.15) is 13.1 Å². The van der Waals surface area contributed by atoms with Gasteiger partial charge in [0.05, 0.1) is 18.2 Å². The number of H-pyrrole nitrogens is 1. The van der Waals surface area contributed by atoms with Crippen LogP contribution in [0.4, 0.5) is 0 Å².